The van der Waals surface area contributed by atoms with E-state index in [-0.39, 0.29) is 36.4 Å². The van der Waals surface area contributed by atoms with Crippen LogP contribution in [0.4, 0.5) is 22.7 Å². The van der Waals surface area contributed by atoms with Gasteiger partial charge >= 0.3 is 0 Å². The Labute approximate surface area is 457 Å². The molecule has 12 rings (SSSR count). The van der Waals surface area contributed by atoms with Crippen molar-refractivity contribution >= 4 is 69.8 Å². The molecule has 4 aromatic carbocycles. The highest BCUT2D eigenvalue weighted by Crippen LogP contribution is 2.54. The normalized spacial score (nSPS) is 15.5. The zero-order chi connectivity index (χ0) is 52.1. The van der Waals surface area contributed by atoms with E-state index in [1.165, 1.54) is 0 Å². The number of anilines is 4. The number of benzene rings is 4. The van der Waals surface area contributed by atoms with Gasteiger partial charge < -0.3 is 50.1 Å². The number of aliphatic hydroxyl groups excluding tert-OH is 2. The molecule has 0 amide bonds. The molecule has 14 nitrogen and oxygen atoms in total. The minimum atomic E-state index is -0.288. The number of rotatable bonds is 12. The third-order valence-electron chi connectivity index (χ3n) is 13.3. The Morgan fingerprint density at radius 1 is 0.526 bits per heavy atom. The van der Waals surface area contributed by atoms with Gasteiger partial charge in [0.25, 0.3) is 0 Å². The second-order valence-corrected chi connectivity index (χ2v) is 23.0. The largest absolute Gasteiger partial charge is 0.394 e. The number of nitrogens with one attached hydrogen (secondary N) is 4. The molecular weight excluding hydrogens is 1030 g/mol. The van der Waals surface area contributed by atoms with Gasteiger partial charge in [0.05, 0.1) is 74.5 Å². The highest BCUT2D eigenvalue weighted by molar-refractivity contribution is 8.05. The molecule has 0 spiro atoms. The molecule has 2 unspecified atom stereocenters. The van der Waals surface area contributed by atoms with E-state index in [2.05, 4.69) is 101 Å². The first-order valence-electron chi connectivity index (χ1n) is 25.1. The maximum absolute atomic E-state index is 12.6. The number of pyridine rings is 4. The first-order chi connectivity index (χ1) is 37.1. The second kappa shape index (κ2) is 23.4. The van der Waals surface area contributed by atoms with E-state index >= 15 is 0 Å². The molecule has 2 atom stereocenters. The summed E-state index contributed by atoms with van der Waals surface area (Å²) >= 11 is 6.87. The highest BCUT2D eigenvalue weighted by atomic mass is 32.2. The molecule has 6 N–H and O–H groups in total. The van der Waals surface area contributed by atoms with Crippen molar-refractivity contribution in [1.82, 2.24) is 19.9 Å². The second-order valence-electron chi connectivity index (χ2n) is 18.7. The number of morpholine rings is 2. The van der Waals surface area contributed by atoms with Crippen molar-refractivity contribution in [2.45, 2.75) is 65.1 Å². The fourth-order valence-electron chi connectivity index (χ4n) is 9.49. The molecule has 2 saturated heterocycles. The molecule has 18 heteroatoms. The zero-order valence-corrected chi connectivity index (χ0v) is 45.1. The van der Waals surface area contributed by atoms with Crippen molar-refractivity contribution in [2.24, 2.45) is 0 Å². The molecule has 8 aromatic rings. The smallest absolute Gasteiger partial charge is 0.250 e. The summed E-state index contributed by atoms with van der Waals surface area (Å²) in [5.74, 6) is 0. The Kier molecular flexibility index (Phi) is 15.9. The lowest BCUT2D eigenvalue weighted by atomic mass is 10.1. The lowest BCUT2D eigenvalue weighted by molar-refractivity contribution is 0.122. The standard InChI is InChI=1S/2C29H28N4O3S2/c2*1-18-7-8-30-23(13-18)24(17-34)31-19-5-6-25-27(14-19)37-26-4-2-3-21(29(26)38-25)22-15-20(16-28(35)32-22)33-9-11-36-12-10-33/h2*2-8,13-16,24,31,34H,9-12,17H2,1H3,(H,32,35). The average Bonchev–Trinajstić information content (AvgIpc) is 3.46. The van der Waals surface area contributed by atoms with E-state index in [9.17, 15) is 19.8 Å². The molecule has 0 radical (unpaired) electrons. The summed E-state index contributed by atoms with van der Waals surface area (Å²) in [5.41, 5.74) is 11.0. The van der Waals surface area contributed by atoms with Gasteiger partial charge in [-0.1, -0.05) is 71.3 Å². The number of ether oxygens (including phenoxy) is 2. The minimum absolute atomic E-state index is 0.0522. The molecule has 4 aliphatic rings. The topological polar surface area (TPSA) is 181 Å². The van der Waals surface area contributed by atoms with Crippen molar-refractivity contribution < 1.29 is 19.7 Å². The molecule has 8 heterocycles. The van der Waals surface area contributed by atoms with Crippen LogP contribution in [0, 0.1) is 13.8 Å². The third-order valence-corrected chi connectivity index (χ3v) is 18.5. The Bertz CT molecular complexity index is 3300. The van der Waals surface area contributed by atoms with Crippen molar-refractivity contribution in [3.8, 4) is 22.5 Å². The van der Waals surface area contributed by atoms with E-state index < -0.39 is 0 Å². The van der Waals surface area contributed by atoms with Crippen LogP contribution in [0.2, 0.25) is 0 Å². The fraction of sp³-hybridized carbons (Fsp3) is 0.241. The van der Waals surface area contributed by atoms with E-state index in [0.717, 1.165) is 133 Å². The summed E-state index contributed by atoms with van der Waals surface area (Å²) in [6.45, 7) is 9.73. The fourth-order valence-corrected chi connectivity index (χ4v) is 14.3. The van der Waals surface area contributed by atoms with Gasteiger partial charge in [-0.05, 0) is 110 Å². The van der Waals surface area contributed by atoms with Crippen LogP contribution in [-0.2, 0) is 9.47 Å². The third kappa shape index (κ3) is 11.7. The number of aromatic amines is 2. The number of aromatic nitrogens is 4. The maximum Gasteiger partial charge on any atom is 0.250 e. The summed E-state index contributed by atoms with van der Waals surface area (Å²) < 4.78 is 11.0. The molecule has 2 fully saturated rings. The lowest BCUT2D eigenvalue weighted by Crippen LogP contribution is -2.36. The van der Waals surface area contributed by atoms with Crippen LogP contribution in [0.15, 0.2) is 182 Å². The number of hydrogen-bond acceptors (Lipinski definition) is 16. The SMILES string of the molecule is Cc1ccnc(C(CO)Nc2ccc3c(c2)Sc2cccc(-c4cc(N5CCOCC5)cc(=O)[nH]4)c2S3)c1.Cc1ccnc(C(CO)Nc2ccc3c(c2)Sc2cccc(-c4cc(N5CCOCC5)cc(=O)[nH]4)c2S3)c1. The van der Waals surface area contributed by atoms with Gasteiger partial charge in [0.15, 0.2) is 0 Å². The van der Waals surface area contributed by atoms with Gasteiger partial charge in [0.2, 0.25) is 11.1 Å². The molecule has 0 aliphatic carbocycles. The molecule has 4 aromatic heterocycles. The highest BCUT2D eigenvalue weighted by Gasteiger charge is 2.26. The van der Waals surface area contributed by atoms with Gasteiger partial charge in [0.1, 0.15) is 0 Å². The predicted molar refractivity (Wildman–Crippen MR) is 305 cm³/mol. The number of fused-ring (bicyclic) bond motifs is 4. The average molecular weight is 1090 g/mol. The maximum atomic E-state index is 12.6. The van der Waals surface area contributed by atoms with Crippen molar-refractivity contribution in [1.29, 1.82) is 0 Å². The number of hydrogen-bond donors (Lipinski definition) is 6. The van der Waals surface area contributed by atoms with Crippen molar-refractivity contribution in [2.75, 3.05) is 86.3 Å². The Morgan fingerprint density at radius 3 is 1.37 bits per heavy atom. The Hall–Kier alpha value is -6.48. The van der Waals surface area contributed by atoms with E-state index in [0.29, 0.717) is 26.4 Å². The lowest BCUT2D eigenvalue weighted by Gasteiger charge is -2.29. The van der Waals surface area contributed by atoms with Crippen LogP contribution in [0.1, 0.15) is 34.6 Å². The number of nitrogens with zero attached hydrogens (tertiary/aromatic N) is 4. The Morgan fingerprint density at radius 2 is 0.961 bits per heavy atom. The first-order valence-corrected chi connectivity index (χ1v) is 28.4. The van der Waals surface area contributed by atoms with Crippen LogP contribution < -0.4 is 31.6 Å². The number of H-pyrrole nitrogens is 2. The molecule has 76 heavy (non-hydrogen) atoms. The number of aryl methyl sites for hydroxylation is 2. The molecule has 0 saturated carbocycles. The Balaban J connectivity index is 0.000000162. The van der Waals surface area contributed by atoms with Crippen LogP contribution >= 0.6 is 47.0 Å². The zero-order valence-electron chi connectivity index (χ0n) is 41.9. The summed E-state index contributed by atoms with van der Waals surface area (Å²) in [6, 6.07) is 39.8. The quantitative estimate of drug-likeness (QED) is 0.0679. The minimum Gasteiger partial charge on any atom is -0.394 e. The van der Waals surface area contributed by atoms with Crippen LogP contribution in [0.5, 0.6) is 0 Å². The van der Waals surface area contributed by atoms with Gasteiger partial charge in [0, 0.05) is 124 Å². The van der Waals surface area contributed by atoms with Crippen molar-refractivity contribution in [3.05, 3.63) is 177 Å². The summed E-state index contributed by atoms with van der Waals surface area (Å²) in [5, 5.41) is 26.9. The van der Waals surface area contributed by atoms with Crippen LogP contribution in [0.3, 0.4) is 0 Å². The van der Waals surface area contributed by atoms with E-state index in [4.69, 9.17) is 9.47 Å². The summed E-state index contributed by atoms with van der Waals surface area (Å²) in [6.07, 6.45) is 3.54. The van der Waals surface area contributed by atoms with Gasteiger partial charge in [-0.25, -0.2) is 0 Å². The van der Waals surface area contributed by atoms with Crippen molar-refractivity contribution in [3.63, 3.8) is 0 Å². The molecule has 388 valence electrons. The van der Waals surface area contributed by atoms with Gasteiger partial charge in [-0.3, -0.25) is 19.6 Å². The predicted octanol–water partition coefficient (Wildman–Crippen LogP) is 10.7. The van der Waals surface area contributed by atoms with Gasteiger partial charge in [-0.2, -0.15) is 0 Å². The monoisotopic (exact) mass is 1090 g/mol. The summed E-state index contributed by atoms with van der Waals surface area (Å²) in [4.78, 5) is 53.8. The van der Waals surface area contributed by atoms with Gasteiger partial charge in [-0.15, -0.1) is 0 Å². The molecule has 0 bridgehead atoms. The summed E-state index contributed by atoms with van der Waals surface area (Å²) in [7, 11) is 0. The van der Waals surface area contributed by atoms with Crippen LogP contribution in [-0.4, -0.2) is 96.0 Å². The van der Waals surface area contributed by atoms with E-state index in [1.54, 1.807) is 71.6 Å². The first kappa shape index (κ1) is 51.6. The molecule has 4 aliphatic heterocycles. The number of aliphatic hydroxyl groups is 2. The van der Waals surface area contributed by atoms with Crippen LogP contribution in [0.25, 0.3) is 22.5 Å². The van der Waals surface area contributed by atoms with E-state index in [1.807, 2.05) is 62.4 Å². The molecular formula is C58H56N8O6S4.